The highest BCUT2D eigenvalue weighted by atomic mass is 35.5. The Bertz CT molecular complexity index is 930. The molecule has 0 unspecified atom stereocenters. The number of carbonyl (C=O) groups excluding carboxylic acids is 2. The minimum Gasteiger partial charge on any atom is -0.320 e. The van der Waals surface area contributed by atoms with E-state index in [0.717, 1.165) is 16.7 Å². The van der Waals surface area contributed by atoms with Gasteiger partial charge < -0.3 is 10.6 Å². The van der Waals surface area contributed by atoms with Crippen molar-refractivity contribution in [2.24, 2.45) is 0 Å². The van der Waals surface area contributed by atoms with Gasteiger partial charge in [-0.2, -0.15) is 0 Å². The zero-order chi connectivity index (χ0) is 18.1. The second kappa shape index (κ2) is 7.48. The number of rotatable bonds is 2. The van der Waals surface area contributed by atoms with Gasteiger partial charge in [0.05, 0.1) is 26.4 Å². The molecule has 0 spiro atoms. The lowest BCUT2D eigenvalue weighted by Crippen LogP contribution is -2.22. The van der Waals surface area contributed by atoms with E-state index in [1.54, 1.807) is 12.1 Å². The van der Waals surface area contributed by atoms with E-state index >= 15 is 0 Å². The molecular weight excluding hydrogens is 426 g/mol. The van der Waals surface area contributed by atoms with Crippen LogP contribution in [0, 0.1) is 0 Å². The van der Waals surface area contributed by atoms with Crippen LogP contribution in [0.2, 0.25) is 15.1 Å². The molecule has 2 N–H and O–H groups in total. The number of fused-ring (bicyclic) bond motifs is 1. The van der Waals surface area contributed by atoms with Gasteiger partial charge in [0.2, 0.25) is 0 Å². The molecule has 0 aromatic heterocycles. The molecule has 2 aromatic carbocycles. The number of para-hydroxylation sites is 1. The summed E-state index contributed by atoms with van der Waals surface area (Å²) in [6.45, 7) is 0. The number of halogens is 4. The summed E-state index contributed by atoms with van der Waals surface area (Å²) >= 11 is 25.1. The second-order valence-electron chi connectivity index (χ2n) is 4.87. The van der Waals surface area contributed by atoms with Gasteiger partial charge in [0, 0.05) is 4.90 Å². The monoisotopic (exact) mass is 432 g/mol. The topological polar surface area (TPSA) is 58.2 Å². The quantitative estimate of drug-likeness (QED) is 0.466. The Morgan fingerprint density at radius 3 is 2.52 bits per heavy atom. The van der Waals surface area contributed by atoms with Gasteiger partial charge in [-0.15, -0.1) is 0 Å². The Hall–Kier alpha value is -1.37. The number of hydrogen-bond acceptors (Lipinski definition) is 3. The lowest BCUT2D eigenvalue weighted by molar-refractivity contribution is -0.114. The second-order valence-corrected chi connectivity index (χ2v) is 7.47. The molecule has 2 aromatic rings. The predicted octanol–water partition coefficient (Wildman–Crippen LogP) is 5.78. The Balaban J connectivity index is 1.89. The number of benzene rings is 2. The van der Waals surface area contributed by atoms with Crippen molar-refractivity contribution < 1.29 is 9.59 Å². The average Bonchev–Trinajstić information content (AvgIpc) is 2.61. The molecule has 0 saturated heterocycles. The van der Waals surface area contributed by atoms with Gasteiger partial charge in [-0.1, -0.05) is 70.3 Å². The largest absolute Gasteiger partial charge is 0.320 e. The minimum absolute atomic E-state index is 0.0862. The standard InChI is InChI=1S/C16H8Cl4N2O2S/c17-7-5-6-9(12(19)11(7)18)22-15(23)13(20)14-16(24)21-8-3-1-2-4-10(8)25-14/h1-6H,(H,21,24)(H,22,23). The van der Waals surface area contributed by atoms with E-state index in [4.69, 9.17) is 46.4 Å². The van der Waals surface area contributed by atoms with Crippen LogP contribution in [-0.2, 0) is 9.59 Å². The summed E-state index contributed by atoms with van der Waals surface area (Å²) in [6.07, 6.45) is 0. The summed E-state index contributed by atoms with van der Waals surface area (Å²) in [5.74, 6) is -1.14. The first-order valence-corrected chi connectivity index (χ1v) is 9.14. The van der Waals surface area contributed by atoms with Crippen LogP contribution in [-0.4, -0.2) is 11.8 Å². The van der Waals surface area contributed by atoms with Gasteiger partial charge in [0.25, 0.3) is 11.8 Å². The van der Waals surface area contributed by atoms with Crippen molar-refractivity contribution in [2.45, 2.75) is 4.90 Å². The fourth-order valence-corrected chi connectivity index (χ4v) is 3.79. The van der Waals surface area contributed by atoms with Crippen LogP contribution in [0.1, 0.15) is 0 Å². The highest BCUT2D eigenvalue weighted by molar-refractivity contribution is 8.04. The number of nitrogens with one attached hydrogen (secondary N) is 2. The molecule has 1 heterocycles. The van der Waals surface area contributed by atoms with Crippen molar-refractivity contribution in [2.75, 3.05) is 10.6 Å². The van der Waals surface area contributed by atoms with E-state index < -0.39 is 11.8 Å². The van der Waals surface area contributed by atoms with Crippen molar-refractivity contribution in [3.05, 3.63) is 61.4 Å². The van der Waals surface area contributed by atoms with Gasteiger partial charge in [0.15, 0.2) is 0 Å². The molecule has 0 bridgehead atoms. The lowest BCUT2D eigenvalue weighted by atomic mass is 10.3. The van der Waals surface area contributed by atoms with Crippen molar-refractivity contribution >= 4 is 81.4 Å². The molecule has 0 aliphatic carbocycles. The maximum absolute atomic E-state index is 12.4. The molecule has 1 aliphatic heterocycles. The number of amides is 2. The highest BCUT2D eigenvalue weighted by Crippen LogP contribution is 2.40. The number of thioether (sulfide) groups is 1. The maximum atomic E-state index is 12.4. The van der Waals surface area contributed by atoms with E-state index in [9.17, 15) is 9.59 Å². The number of hydrogen-bond donors (Lipinski definition) is 2. The third kappa shape index (κ3) is 3.76. The first-order valence-electron chi connectivity index (χ1n) is 6.81. The zero-order valence-electron chi connectivity index (χ0n) is 12.2. The summed E-state index contributed by atoms with van der Waals surface area (Å²) in [4.78, 5) is 25.5. The fourth-order valence-electron chi connectivity index (χ4n) is 2.04. The predicted molar refractivity (Wildman–Crippen MR) is 104 cm³/mol. The van der Waals surface area contributed by atoms with Crippen molar-refractivity contribution in [1.29, 1.82) is 0 Å². The molecule has 1 aliphatic rings. The molecule has 9 heteroatoms. The van der Waals surface area contributed by atoms with Crippen molar-refractivity contribution in [3.8, 4) is 0 Å². The normalized spacial score (nSPS) is 15.3. The smallest absolute Gasteiger partial charge is 0.268 e. The van der Waals surface area contributed by atoms with E-state index in [1.165, 1.54) is 12.1 Å². The first kappa shape index (κ1) is 18.4. The number of carbonyl (C=O) groups is 2. The van der Waals surface area contributed by atoms with Gasteiger partial charge in [0.1, 0.15) is 9.94 Å². The van der Waals surface area contributed by atoms with Crippen molar-refractivity contribution in [3.63, 3.8) is 0 Å². The van der Waals surface area contributed by atoms with E-state index in [0.29, 0.717) is 5.69 Å². The Kier molecular flexibility index (Phi) is 5.51. The first-order chi connectivity index (χ1) is 11.9. The Morgan fingerprint density at radius 2 is 1.76 bits per heavy atom. The van der Waals surface area contributed by atoms with Crippen LogP contribution in [0.4, 0.5) is 11.4 Å². The van der Waals surface area contributed by atoms with Crippen LogP contribution >= 0.6 is 58.2 Å². The van der Waals surface area contributed by atoms with Gasteiger partial charge in [-0.3, -0.25) is 9.59 Å². The molecular formula is C16H8Cl4N2O2S. The molecule has 2 amide bonds. The lowest BCUT2D eigenvalue weighted by Gasteiger charge is -2.19. The third-order valence-electron chi connectivity index (χ3n) is 3.24. The average molecular weight is 434 g/mol. The molecule has 0 radical (unpaired) electrons. The molecule has 0 fully saturated rings. The van der Waals surface area contributed by atoms with Crippen LogP contribution in [0.15, 0.2) is 51.2 Å². The van der Waals surface area contributed by atoms with Crippen LogP contribution in [0.5, 0.6) is 0 Å². The van der Waals surface area contributed by atoms with Crippen molar-refractivity contribution in [1.82, 2.24) is 0 Å². The van der Waals surface area contributed by atoms with E-state index in [1.807, 2.05) is 12.1 Å². The summed E-state index contributed by atoms with van der Waals surface area (Å²) in [5, 5.41) is 5.42. The Labute approximate surface area is 167 Å². The highest BCUT2D eigenvalue weighted by Gasteiger charge is 2.27. The molecule has 25 heavy (non-hydrogen) atoms. The summed E-state index contributed by atoms with van der Waals surface area (Å²) in [5.41, 5.74) is 0.903. The summed E-state index contributed by atoms with van der Waals surface area (Å²) in [7, 11) is 0. The fraction of sp³-hybridized carbons (Fsp3) is 0. The minimum atomic E-state index is -0.681. The zero-order valence-corrected chi connectivity index (χ0v) is 16.0. The van der Waals surface area contributed by atoms with E-state index in [2.05, 4.69) is 10.6 Å². The molecule has 0 saturated carbocycles. The third-order valence-corrected chi connectivity index (χ3v) is 6.17. The van der Waals surface area contributed by atoms with Gasteiger partial charge in [-0.25, -0.2) is 0 Å². The van der Waals surface area contributed by atoms with Crippen LogP contribution in [0.25, 0.3) is 0 Å². The molecule has 4 nitrogen and oxygen atoms in total. The van der Waals surface area contributed by atoms with Gasteiger partial charge in [-0.05, 0) is 24.3 Å². The van der Waals surface area contributed by atoms with Gasteiger partial charge >= 0.3 is 0 Å². The summed E-state index contributed by atoms with van der Waals surface area (Å²) < 4.78 is 0. The molecule has 128 valence electrons. The van der Waals surface area contributed by atoms with Crippen LogP contribution < -0.4 is 10.6 Å². The van der Waals surface area contributed by atoms with Crippen LogP contribution in [0.3, 0.4) is 0 Å². The molecule has 0 atom stereocenters. The summed E-state index contributed by atoms with van der Waals surface area (Å²) in [6, 6.07) is 10.2. The SMILES string of the molecule is O=C(Nc1ccc(Cl)c(Cl)c1Cl)C(Cl)=C1Sc2ccccc2NC1=O. The maximum Gasteiger partial charge on any atom is 0.268 e. The molecule has 3 rings (SSSR count). The Morgan fingerprint density at radius 1 is 1.04 bits per heavy atom. The number of anilines is 2. The van der Waals surface area contributed by atoms with E-state index in [-0.39, 0.29) is 30.7 Å².